The summed E-state index contributed by atoms with van der Waals surface area (Å²) in [6, 6.07) is 10.5. The Morgan fingerprint density at radius 3 is 2.12 bits per heavy atom. The zero-order valence-corrected chi connectivity index (χ0v) is 17.3. The molecule has 3 rings (SSSR count). The molecule has 0 atom stereocenters. The van der Waals surface area contributed by atoms with Crippen LogP contribution >= 0.6 is 43.2 Å². The molecule has 0 aliphatic carbocycles. The number of piperazine rings is 1. The van der Waals surface area contributed by atoms with Crippen LogP contribution in [0.1, 0.15) is 10.4 Å². The fourth-order valence-corrected chi connectivity index (χ4v) is 6.32. The van der Waals surface area contributed by atoms with Crippen molar-refractivity contribution in [2.24, 2.45) is 0 Å². The number of hydrogen-bond acceptors (Lipinski definition) is 4. The summed E-state index contributed by atoms with van der Waals surface area (Å²) in [5, 5.41) is 0. The van der Waals surface area contributed by atoms with Crippen LogP contribution in [-0.2, 0) is 10.0 Å². The van der Waals surface area contributed by atoms with Crippen LogP contribution in [-0.4, -0.2) is 49.7 Å². The highest BCUT2D eigenvalue weighted by Gasteiger charge is 2.31. The van der Waals surface area contributed by atoms with Crippen LogP contribution in [0.5, 0.6) is 0 Å². The Hall–Kier alpha value is -0.740. The number of amides is 1. The number of carbonyl (C=O) groups excluding carboxylic acids is 1. The lowest BCUT2D eigenvalue weighted by molar-refractivity contribution is 0.0698. The van der Waals surface area contributed by atoms with Gasteiger partial charge in [-0.2, -0.15) is 4.31 Å². The molecule has 24 heavy (non-hydrogen) atoms. The lowest BCUT2D eigenvalue weighted by Gasteiger charge is -2.33. The Labute approximate surface area is 161 Å². The molecule has 1 aliphatic rings. The van der Waals surface area contributed by atoms with Crippen molar-refractivity contribution in [1.29, 1.82) is 0 Å². The van der Waals surface area contributed by atoms with Crippen LogP contribution in [0.2, 0.25) is 0 Å². The normalized spacial score (nSPS) is 16.3. The van der Waals surface area contributed by atoms with Crippen LogP contribution < -0.4 is 0 Å². The van der Waals surface area contributed by atoms with E-state index in [-0.39, 0.29) is 5.91 Å². The molecule has 9 heteroatoms. The first-order valence-corrected chi connectivity index (χ1v) is 11.0. The largest absolute Gasteiger partial charge is 0.336 e. The molecule has 0 unspecified atom stereocenters. The van der Waals surface area contributed by atoms with E-state index in [1.54, 1.807) is 29.2 Å². The second-order valence-electron chi connectivity index (χ2n) is 5.26. The van der Waals surface area contributed by atoms with E-state index in [0.29, 0.717) is 36.0 Å². The van der Waals surface area contributed by atoms with Gasteiger partial charge >= 0.3 is 0 Å². The van der Waals surface area contributed by atoms with E-state index >= 15 is 0 Å². The van der Waals surface area contributed by atoms with Crippen molar-refractivity contribution >= 4 is 59.1 Å². The number of hydrogen-bond donors (Lipinski definition) is 0. The van der Waals surface area contributed by atoms with Crippen molar-refractivity contribution in [3.63, 3.8) is 0 Å². The molecular weight excluding hydrogens is 480 g/mol. The number of thiophene rings is 1. The van der Waals surface area contributed by atoms with Crippen molar-refractivity contribution in [2.45, 2.75) is 4.21 Å². The fourth-order valence-electron chi connectivity index (χ4n) is 2.47. The Morgan fingerprint density at radius 2 is 1.58 bits per heavy atom. The SMILES string of the molecule is O=C(c1ccc(Br)cc1)N1CCN(S(=O)(=O)c2ccc(Br)s2)CC1. The molecule has 2 heterocycles. The molecule has 5 nitrogen and oxygen atoms in total. The predicted octanol–water partition coefficient (Wildman–Crippen LogP) is 3.42. The highest BCUT2D eigenvalue weighted by molar-refractivity contribution is 9.11. The molecule has 1 saturated heterocycles. The monoisotopic (exact) mass is 492 g/mol. The van der Waals surface area contributed by atoms with Gasteiger partial charge in [-0.05, 0) is 52.3 Å². The maximum atomic E-state index is 12.6. The second-order valence-corrected chi connectivity index (χ2v) is 10.8. The molecule has 0 radical (unpaired) electrons. The molecule has 0 bridgehead atoms. The van der Waals surface area contributed by atoms with Crippen LogP contribution in [0.4, 0.5) is 0 Å². The first kappa shape index (κ1) is 18.1. The molecule has 0 spiro atoms. The minimum atomic E-state index is -3.48. The van der Waals surface area contributed by atoms with Crippen LogP contribution in [0, 0.1) is 0 Å². The van der Waals surface area contributed by atoms with E-state index in [1.165, 1.54) is 15.6 Å². The molecular formula is C15H14Br2N2O3S2. The van der Waals surface area contributed by atoms with Crippen molar-refractivity contribution in [1.82, 2.24) is 9.21 Å². The Morgan fingerprint density at radius 1 is 0.958 bits per heavy atom. The standard InChI is InChI=1S/C15H14Br2N2O3S2/c16-12-3-1-11(2-4-12)15(20)18-7-9-19(10-8-18)24(21,22)14-6-5-13(17)23-14/h1-6H,7-10H2. The summed E-state index contributed by atoms with van der Waals surface area (Å²) in [7, 11) is -3.48. The first-order valence-electron chi connectivity index (χ1n) is 7.18. The molecule has 0 N–H and O–H groups in total. The van der Waals surface area contributed by atoms with Gasteiger partial charge in [0, 0.05) is 36.2 Å². The zero-order chi connectivity index (χ0) is 17.3. The summed E-state index contributed by atoms with van der Waals surface area (Å²) in [4.78, 5) is 14.2. The molecule has 0 saturated carbocycles. The van der Waals surface area contributed by atoms with Gasteiger partial charge in [0.1, 0.15) is 4.21 Å². The van der Waals surface area contributed by atoms with E-state index in [0.717, 1.165) is 8.26 Å². The first-order chi connectivity index (χ1) is 11.4. The maximum absolute atomic E-state index is 12.6. The van der Waals surface area contributed by atoms with Crippen LogP contribution in [0.25, 0.3) is 0 Å². The van der Waals surface area contributed by atoms with E-state index in [1.807, 2.05) is 12.1 Å². The van der Waals surface area contributed by atoms with Crippen molar-refractivity contribution in [2.75, 3.05) is 26.2 Å². The third-order valence-electron chi connectivity index (χ3n) is 3.76. The predicted molar refractivity (Wildman–Crippen MR) is 101 cm³/mol. The molecule has 1 amide bonds. The summed E-state index contributed by atoms with van der Waals surface area (Å²) < 4.78 is 28.6. The Balaban J connectivity index is 1.67. The molecule has 1 aromatic carbocycles. The Kier molecular flexibility index (Phi) is 5.45. The average Bonchev–Trinajstić information content (AvgIpc) is 3.02. The average molecular weight is 494 g/mol. The maximum Gasteiger partial charge on any atom is 0.253 e. The van der Waals surface area contributed by atoms with E-state index < -0.39 is 10.0 Å². The Bertz CT molecular complexity index is 842. The minimum absolute atomic E-state index is 0.0709. The van der Waals surface area contributed by atoms with Gasteiger partial charge in [-0.25, -0.2) is 8.42 Å². The number of carbonyl (C=O) groups is 1. The lowest BCUT2D eigenvalue weighted by atomic mass is 10.2. The molecule has 1 aliphatic heterocycles. The summed E-state index contributed by atoms with van der Waals surface area (Å²) in [6.07, 6.45) is 0. The van der Waals surface area contributed by atoms with Crippen molar-refractivity contribution in [3.05, 3.63) is 50.2 Å². The number of sulfonamides is 1. The van der Waals surface area contributed by atoms with Gasteiger partial charge in [-0.15, -0.1) is 11.3 Å². The van der Waals surface area contributed by atoms with Crippen molar-refractivity contribution < 1.29 is 13.2 Å². The number of halogens is 2. The highest BCUT2D eigenvalue weighted by atomic mass is 79.9. The van der Waals surface area contributed by atoms with Gasteiger partial charge in [0.05, 0.1) is 3.79 Å². The van der Waals surface area contributed by atoms with Gasteiger partial charge < -0.3 is 4.90 Å². The second kappa shape index (κ2) is 7.25. The van der Waals surface area contributed by atoms with Gasteiger partial charge in [0.15, 0.2) is 0 Å². The van der Waals surface area contributed by atoms with Crippen molar-refractivity contribution in [3.8, 4) is 0 Å². The zero-order valence-electron chi connectivity index (χ0n) is 12.5. The molecule has 128 valence electrons. The summed E-state index contributed by atoms with van der Waals surface area (Å²) >= 11 is 7.83. The summed E-state index contributed by atoms with van der Waals surface area (Å²) in [5.74, 6) is -0.0709. The van der Waals surface area contributed by atoms with Gasteiger partial charge in [0.2, 0.25) is 0 Å². The third-order valence-corrected chi connectivity index (χ3v) is 8.28. The minimum Gasteiger partial charge on any atom is -0.336 e. The van der Waals surface area contributed by atoms with E-state index in [4.69, 9.17) is 0 Å². The quantitative estimate of drug-likeness (QED) is 0.658. The molecule has 2 aromatic rings. The van der Waals surface area contributed by atoms with Crippen LogP contribution in [0.3, 0.4) is 0 Å². The molecule has 1 fully saturated rings. The van der Waals surface area contributed by atoms with Gasteiger partial charge in [0.25, 0.3) is 15.9 Å². The van der Waals surface area contributed by atoms with E-state index in [2.05, 4.69) is 31.9 Å². The lowest BCUT2D eigenvalue weighted by Crippen LogP contribution is -2.50. The number of nitrogens with zero attached hydrogens (tertiary/aromatic N) is 2. The summed E-state index contributed by atoms with van der Waals surface area (Å²) in [5.41, 5.74) is 0.608. The third kappa shape index (κ3) is 3.75. The van der Waals surface area contributed by atoms with E-state index in [9.17, 15) is 13.2 Å². The molecule has 1 aromatic heterocycles. The highest BCUT2D eigenvalue weighted by Crippen LogP contribution is 2.29. The number of benzene rings is 1. The topological polar surface area (TPSA) is 57.7 Å². The van der Waals surface area contributed by atoms with Crippen LogP contribution in [0.15, 0.2) is 48.9 Å². The fraction of sp³-hybridized carbons (Fsp3) is 0.267. The number of rotatable bonds is 3. The summed E-state index contributed by atoms with van der Waals surface area (Å²) in [6.45, 7) is 1.39. The smallest absolute Gasteiger partial charge is 0.253 e. The van der Waals surface area contributed by atoms with Gasteiger partial charge in [-0.1, -0.05) is 15.9 Å². The van der Waals surface area contributed by atoms with Gasteiger partial charge in [-0.3, -0.25) is 4.79 Å².